The summed E-state index contributed by atoms with van der Waals surface area (Å²) in [7, 11) is 1.13. The van der Waals surface area contributed by atoms with Crippen LogP contribution in [0.15, 0.2) is 37.8 Å². The molecule has 0 spiro atoms. The predicted molar refractivity (Wildman–Crippen MR) is 245 cm³/mol. The number of aryl methyl sites for hydroxylation is 3. The molecule has 368 valence electrons. The third-order valence-electron chi connectivity index (χ3n) is 10.2. The molecule has 0 bridgehead atoms. The van der Waals surface area contributed by atoms with Gasteiger partial charge in [-0.15, -0.1) is 0 Å². The van der Waals surface area contributed by atoms with Gasteiger partial charge < -0.3 is 67.9 Å². The van der Waals surface area contributed by atoms with Gasteiger partial charge >= 0.3 is 44.0 Å². The molecular formula is C31H46N8O19P4S4. The monoisotopic (exact) mass is 1090 g/mol. The quantitative estimate of drug-likeness (QED) is 0.0600. The average molecular weight is 1090 g/mol. The van der Waals surface area contributed by atoms with Crippen LogP contribution in [0.25, 0.3) is 0 Å². The first-order valence-corrected chi connectivity index (χ1v) is 29.7. The number of nitrogen functional groups attached to an aromatic ring is 2. The fourth-order valence-electron chi connectivity index (χ4n) is 6.89. The molecule has 6 rings (SSSR count). The van der Waals surface area contributed by atoms with Crippen LogP contribution in [0.4, 0.5) is 11.6 Å². The van der Waals surface area contributed by atoms with E-state index < -0.39 is 125 Å². The molecule has 3 fully saturated rings. The number of nitrogens with one attached hydrogen (secondary N) is 1. The van der Waals surface area contributed by atoms with Crippen LogP contribution >= 0.6 is 39.2 Å². The minimum Gasteiger partial charge on any atom is -0.383 e. The van der Waals surface area contributed by atoms with Gasteiger partial charge in [-0.1, -0.05) is 12.2 Å². The van der Waals surface area contributed by atoms with Crippen molar-refractivity contribution in [2.75, 3.05) is 38.4 Å². The van der Waals surface area contributed by atoms with Crippen LogP contribution in [0.5, 0.6) is 0 Å². The number of H-pyrrole nitrogens is 1. The van der Waals surface area contributed by atoms with Crippen molar-refractivity contribution in [1.29, 1.82) is 0 Å². The molecule has 3 unspecified atom stereocenters. The predicted octanol–water partition coefficient (Wildman–Crippen LogP) is 0.535. The van der Waals surface area contributed by atoms with Crippen LogP contribution in [0, 0.1) is 20.8 Å². The van der Waals surface area contributed by atoms with E-state index in [1.807, 2.05) is 0 Å². The van der Waals surface area contributed by atoms with Gasteiger partial charge in [0.15, 0.2) is 0 Å². The molecule has 66 heavy (non-hydrogen) atoms. The molecule has 12 atom stereocenters. The molecule has 3 aliphatic heterocycles. The zero-order chi connectivity index (χ0) is 48.7. The Labute approximate surface area is 394 Å². The number of anilines is 2. The Morgan fingerprint density at radius 1 is 0.697 bits per heavy atom. The molecule has 9 N–H and O–H groups in total. The lowest BCUT2D eigenvalue weighted by molar-refractivity contribution is -0.0530. The third-order valence-corrected chi connectivity index (χ3v) is 15.9. The molecule has 0 aromatic carbocycles. The maximum atomic E-state index is 13.9. The summed E-state index contributed by atoms with van der Waals surface area (Å²) in [6, 6.07) is 0. The molecule has 0 amide bonds. The number of rotatable bonds is 19. The number of hydrogen-bond acceptors (Lipinski definition) is 22. The van der Waals surface area contributed by atoms with Gasteiger partial charge in [0.25, 0.3) is 5.56 Å². The SMILES string of the molecule is COP(O)(=S)O[C@@H]1C[C@H](n2cc(C)c(=O)[nH]c2=O)O[C@@H]1COP(O)(=S)O[C@@H]1C[C@H](n2cc(C)c(N)nc2=O)O[C@@H]1COP(=O)(S)O[C@@H]1C[C@H](n2cc(C)c(N)nc2=O)O[C@@H]1COP(O)(O)=S. The fourth-order valence-corrected chi connectivity index (χ4v) is 11.4. The lowest BCUT2D eigenvalue weighted by Gasteiger charge is -2.27. The van der Waals surface area contributed by atoms with Crippen molar-refractivity contribution in [2.45, 2.75) is 95.3 Å². The van der Waals surface area contributed by atoms with E-state index in [0.29, 0.717) is 11.1 Å². The fraction of sp³-hybridized carbons (Fsp3) is 0.613. The number of ether oxygens (including phenoxy) is 3. The van der Waals surface area contributed by atoms with Crippen molar-refractivity contribution in [3.05, 3.63) is 77.1 Å². The summed E-state index contributed by atoms with van der Waals surface area (Å²) in [6.07, 6.45) is -7.15. The van der Waals surface area contributed by atoms with E-state index in [9.17, 15) is 43.3 Å². The van der Waals surface area contributed by atoms with Crippen LogP contribution in [0.3, 0.4) is 0 Å². The summed E-state index contributed by atoms with van der Waals surface area (Å²) < 4.78 is 73.8. The molecule has 3 aromatic heterocycles. The van der Waals surface area contributed by atoms with E-state index in [4.69, 9.17) is 81.0 Å². The molecule has 0 saturated carbocycles. The first-order valence-electron chi connectivity index (χ1n) is 19.2. The number of thiol groups is 1. The van der Waals surface area contributed by atoms with Crippen LogP contribution in [-0.2, 0) is 85.9 Å². The summed E-state index contributed by atoms with van der Waals surface area (Å²) in [4.78, 5) is 102. The minimum absolute atomic E-state index is 0.0195. The number of hydrogen-bond donors (Lipinski definition) is 8. The summed E-state index contributed by atoms with van der Waals surface area (Å²) in [5.74, 6) is -0.0579. The van der Waals surface area contributed by atoms with Crippen LogP contribution in [-0.4, -0.2) is 112 Å². The molecule has 3 aromatic rings. The molecule has 6 heterocycles. The van der Waals surface area contributed by atoms with E-state index in [0.717, 1.165) is 20.8 Å². The average Bonchev–Trinajstić information content (AvgIpc) is 3.92. The Bertz CT molecular complexity index is 2740. The van der Waals surface area contributed by atoms with Crippen molar-refractivity contribution in [2.24, 2.45) is 0 Å². The smallest absolute Gasteiger partial charge is 0.383 e. The lowest BCUT2D eigenvalue weighted by Crippen LogP contribution is -2.33. The normalized spacial score (nSPS) is 28.5. The maximum absolute atomic E-state index is 13.9. The highest BCUT2D eigenvalue weighted by atomic mass is 32.7. The topological polar surface area (TPSA) is 367 Å². The van der Waals surface area contributed by atoms with Crippen molar-refractivity contribution >= 4 is 86.3 Å². The highest BCUT2D eigenvalue weighted by Gasteiger charge is 2.46. The molecule has 0 aliphatic carbocycles. The van der Waals surface area contributed by atoms with E-state index in [-0.39, 0.29) is 36.5 Å². The zero-order valence-corrected chi connectivity index (χ0v) is 41.9. The highest BCUT2D eigenvalue weighted by Crippen LogP contribution is 2.57. The molecule has 27 nitrogen and oxygen atoms in total. The molecule has 3 saturated heterocycles. The number of nitrogens with zero attached hydrogens (tertiary/aromatic N) is 5. The number of aromatic amines is 1. The Kier molecular flexibility index (Phi) is 17.1. The number of aromatic nitrogens is 6. The Morgan fingerprint density at radius 2 is 1.11 bits per heavy atom. The van der Waals surface area contributed by atoms with Gasteiger partial charge in [0.05, 0.1) is 32.0 Å². The van der Waals surface area contributed by atoms with E-state index in [2.05, 4.69) is 39.0 Å². The Hall–Kier alpha value is -1.99. The van der Waals surface area contributed by atoms with Gasteiger partial charge in [-0.3, -0.25) is 32.5 Å². The summed E-state index contributed by atoms with van der Waals surface area (Å²) in [5, 5.41) is 0. The molecular weight excluding hydrogens is 1040 g/mol. The van der Waals surface area contributed by atoms with Crippen LogP contribution in [0.1, 0.15) is 54.6 Å². The largest absolute Gasteiger partial charge is 0.386 e. The summed E-state index contributed by atoms with van der Waals surface area (Å²) in [6.45, 7) is -14.1. The van der Waals surface area contributed by atoms with Crippen molar-refractivity contribution in [3.8, 4) is 0 Å². The van der Waals surface area contributed by atoms with Gasteiger partial charge in [0.2, 0.25) is 0 Å². The standard InChI is InChI=1S/C31H46N8O19P4S4/c1-14-8-37(29(41)34-26(14)32)23-6-18(20(53-23)11-50-59(44,45)63)57-61(47,65)52-13-22-19(7-24(55-22)38-9-15(2)27(33)35-30(38)42)58-62(48,66)51-12-21-17(56-60(46,64)49-4)5-25(54-21)39-10-16(3)28(40)36-31(39)43/h8-10,17-25H,5-7,11-13H2,1-4H3,(H,46,64)(H,47,65)(H,48,66)(H2,32,34,41)(H2,33,35,42)(H,36,40,43)(H2,44,45,63)/t17-,18-,19-,20-,21-,22-,23-,24-,25-,60?,61?,62?/m1/s1. The van der Waals surface area contributed by atoms with E-state index in [1.165, 1.54) is 25.5 Å². The summed E-state index contributed by atoms with van der Waals surface area (Å²) >= 11 is 19.1. The molecule has 0 radical (unpaired) electrons. The minimum atomic E-state index is -4.49. The lowest BCUT2D eigenvalue weighted by atomic mass is 10.2. The van der Waals surface area contributed by atoms with Crippen LogP contribution in [0.2, 0.25) is 0 Å². The third kappa shape index (κ3) is 13.7. The van der Waals surface area contributed by atoms with Crippen molar-refractivity contribution in [3.63, 3.8) is 0 Å². The first kappa shape index (κ1) is 53.4. The molecule has 35 heteroatoms. The first-order chi connectivity index (χ1) is 30.6. The zero-order valence-electron chi connectivity index (χ0n) is 34.9. The second-order valence-corrected chi connectivity index (χ2v) is 26.2. The van der Waals surface area contributed by atoms with Crippen molar-refractivity contribution in [1.82, 2.24) is 28.7 Å². The maximum Gasteiger partial charge on any atom is 0.386 e. The van der Waals surface area contributed by atoms with Gasteiger partial charge in [-0.2, -0.15) is 9.97 Å². The second kappa shape index (κ2) is 21.2. The Morgan fingerprint density at radius 3 is 1.58 bits per heavy atom. The van der Waals surface area contributed by atoms with Crippen LogP contribution < -0.4 is 34.1 Å². The molecule has 3 aliphatic rings. The van der Waals surface area contributed by atoms with Gasteiger partial charge in [0.1, 0.15) is 54.7 Å². The van der Waals surface area contributed by atoms with Gasteiger partial charge in [-0.25, -0.2) is 18.9 Å². The number of nitrogens with two attached hydrogens (primary N) is 2. The van der Waals surface area contributed by atoms with E-state index >= 15 is 0 Å². The van der Waals surface area contributed by atoms with Crippen molar-refractivity contribution < 1.29 is 70.0 Å². The van der Waals surface area contributed by atoms with Gasteiger partial charge in [-0.05, 0) is 56.2 Å². The Balaban J connectivity index is 1.19. The highest BCUT2D eigenvalue weighted by molar-refractivity contribution is 8.44. The van der Waals surface area contributed by atoms with Gasteiger partial charge in [0, 0.05) is 61.7 Å². The second-order valence-electron chi connectivity index (χ2n) is 15.0. The van der Waals surface area contributed by atoms with E-state index in [1.54, 1.807) is 13.8 Å². The summed E-state index contributed by atoms with van der Waals surface area (Å²) in [5.41, 5.74) is 9.60.